The molecule has 542 valence electrons. The molecule has 0 saturated carbocycles. The Balaban J connectivity index is 1.17. The number of unbranched alkanes of at least 4 members (excludes halogenated alkanes) is 18. The van der Waals surface area contributed by atoms with Crippen LogP contribution in [0.15, 0.2) is 24.3 Å². The molecule has 6 aromatic heterocycles. The number of nitrogens with zero attached hydrogens (tertiary/aromatic N) is 2. The van der Waals surface area contributed by atoms with Crippen molar-refractivity contribution in [3.63, 3.8) is 0 Å². The quantitative estimate of drug-likeness (QED) is 0.0214. The number of fused-ring (bicyclic) bond motifs is 7. The van der Waals surface area contributed by atoms with E-state index in [4.69, 9.17) is 9.47 Å². The average molecular weight is 1470 g/mol. The van der Waals surface area contributed by atoms with Gasteiger partial charge in [-0.3, -0.25) is 29.0 Å². The van der Waals surface area contributed by atoms with Gasteiger partial charge < -0.3 is 9.47 Å². The lowest BCUT2D eigenvalue weighted by Crippen LogP contribution is -2.56. The fourth-order valence-corrected chi connectivity index (χ4v) is 31.7. The minimum atomic E-state index is -2.68. The maximum absolute atomic E-state index is 15.8. The van der Waals surface area contributed by atoms with E-state index in [1.54, 1.807) is 55.1 Å². The molecule has 0 fully saturated rings. The standard InChI is InChI=1S/C84H120N2O6S6Si/c1-13-23-29-33-35-39-45-85-81(87)68-56(12)94-76(69(68)82(85)88)64-49-66-79(96-64)80-67(99(66,53-59(21-9)43-37-31-25-15-3)54-60(22-10)44-38-32-26-16-4)50-65(97-80)78-71-70(83(89)86(84(71)90)46-40-36-34-30-24-14-2)77(98-78)63-48-62-73(92-52-58(20-8)42-28-18-6)74-61(47-55(11)93-74)72(75(62)95-63)91-51-57(19-7)41-27-17-5/h47-50,57-60H,13-46,51-54H2,1-12H3. The van der Waals surface area contributed by atoms with Gasteiger partial charge in [0, 0.05) is 58.0 Å². The number of benzene rings is 1. The van der Waals surface area contributed by atoms with E-state index >= 15 is 9.59 Å². The van der Waals surface area contributed by atoms with E-state index in [0.717, 1.165) is 162 Å². The molecule has 0 radical (unpaired) electrons. The number of carbonyl (C=O) groups is 4. The van der Waals surface area contributed by atoms with Crippen molar-refractivity contribution >= 4 is 130 Å². The number of hydrogen-bond donors (Lipinski definition) is 0. The van der Waals surface area contributed by atoms with Crippen LogP contribution in [0.25, 0.3) is 59.2 Å². The summed E-state index contributed by atoms with van der Waals surface area (Å²) in [4.78, 5) is 74.8. The van der Waals surface area contributed by atoms with Crippen molar-refractivity contribution in [1.29, 1.82) is 0 Å². The van der Waals surface area contributed by atoms with E-state index < -0.39 is 8.07 Å². The van der Waals surface area contributed by atoms with Gasteiger partial charge in [-0.15, -0.1) is 68.0 Å². The third kappa shape index (κ3) is 17.1. The molecule has 4 unspecified atom stereocenters. The van der Waals surface area contributed by atoms with E-state index in [0.29, 0.717) is 72.2 Å². The van der Waals surface area contributed by atoms with E-state index in [9.17, 15) is 9.59 Å². The van der Waals surface area contributed by atoms with Crippen LogP contribution in [0, 0.1) is 37.5 Å². The van der Waals surface area contributed by atoms with Crippen LogP contribution in [0.5, 0.6) is 11.5 Å². The van der Waals surface area contributed by atoms with Crippen molar-refractivity contribution in [3.8, 4) is 50.5 Å². The zero-order valence-corrected chi connectivity index (χ0v) is 68.7. The summed E-state index contributed by atoms with van der Waals surface area (Å²) < 4.78 is 16.6. The smallest absolute Gasteiger partial charge is 0.263 e. The minimum absolute atomic E-state index is 0.121. The highest BCUT2D eigenvalue weighted by atomic mass is 32.1. The van der Waals surface area contributed by atoms with Gasteiger partial charge >= 0.3 is 0 Å². The van der Waals surface area contributed by atoms with Gasteiger partial charge in [-0.25, -0.2) is 0 Å². The Bertz CT molecular complexity index is 3740. The maximum atomic E-state index is 15.8. The second-order valence-electron chi connectivity index (χ2n) is 29.8. The Kier molecular flexibility index (Phi) is 29.1. The number of rotatable bonds is 47. The third-order valence-electron chi connectivity index (χ3n) is 22.5. The lowest BCUT2D eigenvalue weighted by Gasteiger charge is -2.35. The molecule has 9 heterocycles. The Hall–Kier alpha value is -3.96. The van der Waals surface area contributed by atoms with Crippen LogP contribution < -0.4 is 19.8 Å². The summed E-state index contributed by atoms with van der Waals surface area (Å²) in [6, 6.07) is 12.1. The molecule has 8 nitrogen and oxygen atoms in total. The van der Waals surface area contributed by atoms with E-state index in [1.807, 2.05) is 22.7 Å². The maximum Gasteiger partial charge on any atom is 0.263 e. The predicted molar refractivity (Wildman–Crippen MR) is 435 cm³/mol. The topological polar surface area (TPSA) is 93.2 Å². The van der Waals surface area contributed by atoms with Crippen molar-refractivity contribution in [1.82, 2.24) is 9.80 Å². The first-order valence-corrected chi connectivity index (χ1v) is 47.1. The molecule has 4 amide bonds. The fraction of sp³-hybridized carbons (Fsp3) is 0.643. The molecule has 4 atom stereocenters. The van der Waals surface area contributed by atoms with Crippen molar-refractivity contribution in [2.75, 3.05) is 26.3 Å². The number of ether oxygens (including phenoxy) is 2. The van der Waals surface area contributed by atoms with Crippen molar-refractivity contribution in [2.24, 2.45) is 23.7 Å². The van der Waals surface area contributed by atoms with Crippen LogP contribution in [0.1, 0.15) is 326 Å². The fourth-order valence-electron chi connectivity index (χ4n) is 16.3. The van der Waals surface area contributed by atoms with Crippen LogP contribution in [-0.4, -0.2) is 67.8 Å². The molecule has 99 heavy (non-hydrogen) atoms. The molecule has 3 aliphatic heterocycles. The first-order chi connectivity index (χ1) is 48.2. The Morgan fingerprint density at radius 1 is 0.364 bits per heavy atom. The van der Waals surface area contributed by atoms with Crippen molar-refractivity contribution < 1.29 is 28.7 Å². The lowest BCUT2D eigenvalue weighted by molar-refractivity contribution is 0.0636. The van der Waals surface area contributed by atoms with Crippen LogP contribution in [0.2, 0.25) is 12.1 Å². The van der Waals surface area contributed by atoms with Gasteiger partial charge in [0.1, 0.15) is 19.6 Å². The molecular weight excluding hydrogens is 1350 g/mol. The van der Waals surface area contributed by atoms with Gasteiger partial charge in [0.05, 0.1) is 59.5 Å². The number of carbonyl (C=O) groups excluding carboxylic acids is 4. The molecule has 1 aromatic carbocycles. The van der Waals surface area contributed by atoms with Gasteiger partial charge in [-0.2, -0.15) is 0 Å². The summed E-state index contributed by atoms with van der Waals surface area (Å²) in [5.74, 6) is 3.24. The molecule has 10 rings (SSSR count). The summed E-state index contributed by atoms with van der Waals surface area (Å²) in [5.41, 5.74) is 2.39. The molecule has 0 aliphatic carbocycles. The first kappa shape index (κ1) is 77.6. The highest BCUT2D eigenvalue weighted by Gasteiger charge is 2.52. The summed E-state index contributed by atoms with van der Waals surface area (Å²) >= 11 is 10.5. The van der Waals surface area contributed by atoms with Crippen LogP contribution in [-0.2, 0) is 0 Å². The van der Waals surface area contributed by atoms with E-state index in [-0.39, 0.29) is 23.6 Å². The molecular formula is C84H120N2O6S6Si. The van der Waals surface area contributed by atoms with Gasteiger partial charge in [0.2, 0.25) is 0 Å². The van der Waals surface area contributed by atoms with E-state index in [2.05, 4.69) is 107 Å². The third-order valence-corrected chi connectivity index (χ3v) is 35.7. The molecule has 0 spiro atoms. The molecule has 0 saturated heterocycles. The van der Waals surface area contributed by atoms with Crippen LogP contribution in [0.3, 0.4) is 0 Å². The zero-order valence-electron chi connectivity index (χ0n) is 62.8. The Labute approximate surface area is 621 Å². The summed E-state index contributed by atoms with van der Waals surface area (Å²) in [6.07, 6.45) is 36.6. The lowest BCUT2D eigenvalue weighted by atomic mass is 10.00. The highest BCUT2D eigenvalue weighted by Crippen LogP contribution is 2.58. The summed E-state index contributed by atoms with van der Waals surface area (Å²) in [5, 5.41) is 5.20. The second kappa shape index (κ2) is 37.1. The van der Waals surface area contributed by atoms with Crippen LogP contribution in [0.4, 0.5) is 0 Å². The zero-order chi connectivity index (χ0) is 70.3. The number of amides is 4. The number of thiophene rings is 6. The average Bonchev–Trinajstić information content (AvgIpc) is 1.53. The Morgan fingerprint density at radius 2 is 0.727 bits per heavy atom. The van der Waals surface area contributed by atoms with Gasteiger partial charge in [-0.1, -0.05) is 249 Å². The molecule has 3 aliphatic rings. The molecule has 0 bridgehead atoms. The molecule has 15 heteroatoms. The van der Waals surface area contributed by atoms with Gasteiger partial charge in [0.15, 0.2) is 0 Å². The van der Waals surface area contributed by atoms with Crippen LogP contribution >= 0.6 is 68.0 Å². The summed E-state index contributed by atoms with van der Waals surface area (Å²) in [7, 11) is -2.68. The summed E-state index contributed by atoms with van der Waals surface area (Å²) in [6.45, 7) is 29.5. The van der Waals surface area contributed by atoms with Crippen molar-refractivity contribution in [3.05, 3.63) is 56.3 Å². The molecule has 7 aromatic rings. The number of imide groups is 2. The number of aryl methyl sites for hydroxylation is 2. The normalized spacial score (nSPS) is 16.3. The second-order valence-corrected chi connectivity index (χ2v) is 40.5. The van der Waals surface area contributed by atoms with Crippen molar-refractivity contribution in [2.45, 2.75) is 301 Å². The SMILES string of the molecule is CCCCCCCCN1C(=O)c2c(C)sc(-c3cc4c(s3)-c3sc(-c5sc(-c6cc7c(OCC(CC)CCCC)c8sc(C)cc8c(OCC(CC)CCCC)c7s6)c6c5C(=O)N(CCCCCCCC)C6=O)cc3[Si]4(CC(CC)CCCCCC)CC(CC)CCCCCC)c2C1=O. The van der Waals surface area contributed by atoms with E-state index in [1.165, 1.54) is 146 Å². The largest absolute Gasteiger partial charge is 0.491 e. The highest BCUT2D eigenvalue weighted by molar-refractivity contribution is 7.34. The minimum Gasteiger partial charge on any atom is -0.491 e. The Morgan fingerprint density at radius 3 is 1.17 bits per heavy atom. The predicted octanol–water partition coefficient (Wildman–Crippen LogP) is 26.6. The van der Waals surface area contributed by atoms with Gasteiger partial charge in [0.25, 0.3) is 23.6 Å². The first-order valence-electron chi connectivity index (χ1n) is 39.8. The molecule has 0 N–H and O–H groups in total. The number of hydrogen-bond acceptors (Lipinski definition) is 12. The van der Waals surface area contributed by atoms with Gasteiger partial charge in [-0.05, 0) is 110 Å². The monoisotopic (exact) mass is 1470 g/mol.